The average molecular weight is 278 g/mol. The minimum absolute atomic E-state index is 0.0493. The zero-order chi connectivity index (χ0) is 14.9. The van der Waals surface area contributed by atoms with Crippen LogP contribution < -0.4 is 5.56 Å². The van der Waals surface area contributed by atoms with Crippen molar-refractivity contribution in [3.8, 4) is 0 Å². The topological polar surface area (TPSA) is 52.2 Å². The Morgan fingerprint density at radius 2 is 2.05 bits per heavy atom. The summed E-state index contributed by atoms with van der Waals surface area (Å²) in [5.41, 5.74) is 0.716. The maximum atomic E-state index is 11.8. The van der Waals surface area contributed by atoms with Crippen LogP contribution in [0.15, 0.2) is 10.9 Å². The van der Waals surface area contributed by atoms with Crippen LogP contribution in [-0.2, 0) is 11.8 Å². The number of nitrogens with zero attached hydrogens (tertiary/aromatic N) is 3. The van der Waals surface area contributed by atoms with Crippen molar-refractivity contribution in [3.63, 3.8) is 0 Å². The van der Waals surface area contributed by atoms with E-state index in [-0.39, 0.29) is 11.0 Å². The van der Waals surface area contributed by atoms with Gasteiger partial charge in [-0.1, -0.05) is 20.8 Å². The number of aromatic nitrogens is 2. The molecule has 0 aliphatic carbocycles. The van der Waals surface area contributed by atoms with E-state index >= 15 is 0 Å². The molecule has 0 radical (unpaired) electrons. The lowest BCUT2D eigenvalue weighted by molar-refractivity contribution is 0.113. The van der Waals surface area contributed by atoms with E-state index in [1.54, 1.807) is 6.07 Å². The third-order valence-corrected chi connectivity index (χ3v) is 3.97. The fraction of sp³-hybridized carbons (Fsp3) is 0.733. The first-order valence-corrected chi connectivity index (χ1v) is 7.25. The quantitative estimate of drug-likeness (QED) is 0.871. The summed E-state index contributed by atoms with van der Waals surface area (Å²) in [5.74, 6) is 0.801. The van der Waals surface area contributed by atoms with Gasteiger partial charge in [0.25, 0.3) is 5.56 Å². The predicted octanol–water partition coefficient (Wildman–Crippen LogP) is 0.856. The lowest BCUT2D eigenvalue weighted by Crippen LogP contribution is -2.51. The lowest BCUT2D eigenvalue weighted by atomic mass is 9.92. The Morgan fingerprint density at radius 3 is 2.70 bits per heavy atom. The van der Waals surface area contributed by atoms with Crippen molar-refractivity contribution < 1.29 is 0 Å². The number of rotatable bonds is 2. The van der Waals surface area contributed by atoms with E-state index in [1.165, 1.54) is 0 Å². The molecule has 1 aromatic rings. The van der Waals surface area contributed by atoms with Gasteiger partial charge in [-0.25, -0.2) is 4.98 Å². The minimum Gasteiger partial charge on any atom is -0.310 e. The number of likely N-dealkylation sites (N-methyl/N-ethyl adjacent to an activating group) is 2. The molecule has 1 saturated heterocycles. The molecule has 20 heavy (non-hydrogen) atoms. The number of hydrogen-bond acceptors (Lipinski definition) is 4. The van der Waals surface area contributed by atoms with Crippen molar-refractivity contribution in [1.82, 2.24) is 19.8 Å². The molecule has 1 aliphatic heterocycles. The second kappa shape index (κ2) is 5.66. The zero-order valence-electron chi connectivity index (χ0n) is 13.2. The van der Waals surface area contributed by atoms with E-state index in [9.17, 15) is 4.79 Å². The Labute approximate surface area is 121 Å². The Bertz CT molecular complexity index is 517. The highest BCUT2D eigenvalue weighted by Gasteiger charge is 2.24. The summed E-state index contributed by atoms with van der Waals surface area (Å²) in [6.07, 6.45) is 0.792. The average Bonchev–Trinajstić information content (AvgIpc) is 2.32. The van der Waals surface area contributed by atoms with Gasteiger partial charge < -0.3 is 14.8 Å². The van der Waals surface area contributed by atoms with Gasteiger partial charge in [0.15, 0.2) is 0 Å². The van der Waals surface area contributed by atoms with E-state index in [1.807, 2.05) is 0 Å². The maximum absolute atomic E-state index is 11.8. The number of piperazine rings is 1. The van der Waals surface area contributed by atoms with Gasteiger partial charge in [0.1, 0.15) is 5.82 Å². The van der Waals surface area contributed by atoms with Gasteiger partial charge in [-0.2, -0.15) is 0 Å². The lowest BCUT2D eigenvalue weighted by Gasteiger charge is -2.37. The molecule has 1 atom stereocenters. The van der Waals surface area contributed by atoms with Crippen LogP contribution in [0.25, 0.3) is 0 Å². The Morgan fingerprint density at radius 1 is 1.35 bits per heavy atom. The molecule has 0 spiro atoms. The smallest absolute Gasteiger partial charge is 0.251 e. The fourth-order valence-electron chi connectivity index (χ4n) is 2.53. The van der Waals surface area contributed by atoms with Crippen molar-refractivity contribution >= 4 is 0 Å². The Kier molecular flexibility index (Phi) is 4.30. The van der Waals surface area contributed by atoms with Crippen molar-refractivity contribution in [2.24, 2.45) is 0 Å². The molecule has 0 amide bonds. The summed E-state index contributed by atoms with van der Waals surface area (Å²) < 4.78 is 0. The van der Waals surface area contributed by atoms with Crippen LogP contribution in [0.4, 0.5) is 0 Å². The number of H-pyrrole nitrogens is 1. The molecule has 0 saturated carbocycles. The molecular weight excluding hydrogens is 252 g/mol. The van der Waals surface area contributed by atoms with Crippen LogP contribution in [0.2, 0.25) is 0 Å². The van der Waals surface area contributed by atoms with Crippen LogP contribution in [0.5, 0.6) is 0 Å². The second-order valence-electron chi connectivity index (χ2n) is 6.93. The molecule has 1 aliphatic rings. The summed E-state index contributed by atoms with van der Waals surface area (Å²) in [5, 5.41) is 0. The SMILES string of the molecule is CN1CCN(C)C(Cc2nc(C(C)(C)C)cc(=O)[nH]2)C1. The molecule has 5 nitrogen and oxygen atoms in total. The fourth-order valence-corrected chi connectivity index (χ4v) is 2.53. The summed E-state index contributed by atoms with van der Waals surface area (Å²) in [4.78, 5) is 24.1. The highest BCUT2D eigenvalue weighted by atomic mass is 16.1. The summed E-state index contributed by atoms with van der Waals surface area (Å²) in [7, 11) is 4.28. The Hall–Kier alpha value is -1.20. The third-order valence-electron chi connectivity index (χ3n) is 3.97. The Balaban J connectivity index is 2.21. The monoisotopic (exact) mass is 278 g/mol. The second-order valence-corrected chi connectivity index (χ2v) is 6.93. The first kappa shape index (κ1) is 15.2. The molecular formula is C15H26N4O. The van der Waals surface area contributed by atoms with Crippen molar-refractivity contribution in [1.29, 1.82) is 0 Å². The van der Waals surface area contributed by atoms with E-state index in [0.29, 0.717) is 6.04 Å². The van der Waals surface area contributed by atoms with E-state index in [0.717, 1.165) is 37.6 Å². The van der Waals surface area contributed by atoms with Crippen LogP contribution in [0, 0.1) is 0 Å². The maximum Gasteiger partial charge on any atom is 0.251 e. The molecule has 2 heterocycles. The summed E-state index contributed by atoms with van der Waals surface area (Å²) in [6, 6.07) is 2.02. The predicted molar refractivity (Wildman–Crippen MR) is 81.2 cm³/mol. The summed E-state index contributed by atoms with van der Waals surface area (Å²) in [6.45, 7) is 9.42. The molecule has 1 unspecified atom stereocenters. The first-order chi connectivity index (χ1) is 9.25. The normalized spacial score (nSPS) is 22.1. The number of aromatic amines is 1. The molecule has 0 bridgehead atoms. The van der Waals surface area contributed by atoms with E-state index in [2.05, 4.69) is 54.6 Å². The van der Waals surface area contributed by atoms with Gasteiger partial charge in [-0.3, -0.25) is 4.79 Å². The van der Waals surface area contributed by atoms with E-state index < -0.39 is 0 Å². The van der Waals surface area contributed by atoms with Gasteiger partial charge in [-0.05, 0) is 14.1 Å². The van der Waals surface area contributed by atoms with Crippen molar-refractivity contribution in [2.75, 3.05) is 33.7 Å². The number of nitrogens with one attached hydrogen (secondary N) is 1. The largest absolute Gasteiger partial charge is 0.310 e. The zero-order valence-corrected chi connectivity index (χ0v) is 13.2. The first-order valence-electron chi connectivity index (χ1n) is 7.25. The highest BCUT2D eigenvalue weighted by molar-refractivity contribution is 5.13. The van der Waals surface area contributed by atoms with Gasteiger partial charge in [-0.15, -0.1) is 0 Å². The van der Waals surface area contributed by atoms with Crippen molar-refractivity contribution in [2.45, 2.75) is 38.6 Å². The molecule has 1 N–H and O–H groups in total. The summed E-state index contributed by atoms with van der Waals surface area (Å²) >= 11 is 0. The van der Waals surface area contributed by atoms with Gasteiger partial charge in [0.05, 0.1) is 5.69 Å². The van der Waals surface area contributed by atoms with Crippen molar-refractivity contribution in [3.05, 3.63) is 27.9 Å². The molecule has 1 aromatic heterocycles. The standard InChI is InChI=1S/C15H26N4O/c1-15(2,3)12-9-14(20)17-13(16-12)8-11-10-18(4)6-7-19(11)5/h9,11H,6-8,10H2,1-5H3,(H,16,17,20). The molecule has 5 heteroatoms. The molecule has 112 valence electrons. The van der Waals surface area contributed by atoms with Crippen LogP contribution in [0.3, 0.4) is 0 Å². The molecule has 2 rings (SSSR count). The van der Waals surface area contributed by atoms with Crippen LogP contribution in [-0.4, -0.2) is 59.5 Å². The van der Waals surface area contributed by atoms with E-state index in [4.69, 9.17) is 0 Å². The molecule has 0 aromatic carbocycles. The minimum atomic E-state index is -0.0989. The highest BCUT2D eigenvalue weighted by Crippen LogP contribution is 2.19. The number of hydrogen-bond donors (Lipinski definition) is 1. The van der Waals surface area contributed by atoms with Gasteiger partial charge >= 0.3 is 0 Å². The van der Waals surface area contributed by atoms with Crippen LogP contribution >= 0.6 is 0 Å². The third kappa shape index (κ3) is 3.67. The van der Waals surface area contributed by atoms with Gasteiger partial charge in [0, 0.05) is 43.6 Å². The van der Waals surface area contributed by atoms with Gasteiger partial charge in [0.2, 0.25) is 0 Å². The molecule has 1 fully saturated rings. The van der Waals surface area contributed by atoms with Crippen LogP contribution in [0.1, 0.15) is 32.3 Å².